The highest BCUT2D eigenvalue weighted by Gasteiger charge is 2.44. The lowest BCUT2D eigenvalue weighted by molar-refractivity contribution is -0.116. The van der Waals surface area contributed by atoms with Crippen molar-refractivity contribution in [3.63, 3.8) is 0 Å². The highest BCUT2D eigenvalue weighted by Crippen LogP contribution is 2.36. The number of Topliss-reactive ketones (excluding diaryl/α,β-unsaturated/α-hetero) is 1. The number of nitrogens with zero attached hydrogens (tertiary/aromatic N) is 2. The molecule has 1 fully saturated rings. The molecule has 1 aliphatic heterocycles. The highest BCUT2D eigenvalue weighted by molar-refractivity contribution is 8.16. The number of ether oxygens (including phenoxy) is 1. The maximum absolute atomic E-state index is 13.3. The Morgan fingerprint density at radius 3 is 2.72 bits per heavy atom. The van der Waals surface area contributed by atoms with E-state index in [-0.39, 0.29) is 34.6 Å². The largest absolute Gasteiger partial charge is 0.489 e. The van der Waals surface area contributed by atoms with E-state index in [0.29, 0.717) is 17.4 Å². The Morgan fingerprint density at radius 1 is 1.31 bits per heavy atom. The number of thioether (sulfide) groups is 1. The van der Waals surface area contributed by atoms with Crippen molar-refractivity contribution in [2.24, 2.45) is 4.99 Å². The smallest absolute Gasteiger partial charge is 0.254 e. The van der Waals surface area contributed by atoms with Crippen LogP contribution in [0.15, 0.2) is 47.5 Å². The van der Waals surface area contributed by atoms with E-state index in [1.54, 1.807) is 0 Å². The van der Waals surface area contributed by atoms with Crippen LogP contribution in [0.25, 0.3) is 0 Å². The molecule has 1 unspecified atom stereocenters. The van der Waals surface area contributed by atoms with Crippen LogP contribution < -0.4 is 9.64 Å². The van der Waals surface area contributed by atoms with Gasteiger partial charge >= 0.3 is 0 Å². The van der Waals surface area contributed by atoms with Gasteiger partial charge in [-0.25, -0.2) is 0 Å². The zero-order chi connectivity index (χ0) is 23.3. The lowest BCUT2D eigenvalue weighted by Crippen LogP contribution is -2.35. The van der Waals surface area contributed by atoms with Crippen LogP contribution in [0.5, 0.6) is 5.75 Å². The van der Waals surface area contributed by atoms with Crippen LogP contribution in [0.4, 0.5) is 5.69 Å². The van der Waals surface area contributed by atoms with E-state index >= 15 is 0 Å². The molecule has 0 aliphatic carbocycles. The molecule has 0 bridgehead atoms. The second-order valence-corrected chi connectivity index (χ2v) is 8.76. The number of aliphatic imine (C=N–C) groups is 1. The topological polar surface area (TPSA) is 99.4 Å². The number of carbonyl (C=O) groups excluding carboxylic acids is 2. The summed E-state index contributed by atoms with van der Waals surface area (Å²) in [5, 5.41) is 18.0. The van der Waals surface area contributed by atoms with Gasteiger partial charge < -0.3 is 14.9 Å². The number of amidine groups is 1. The number of hydrogen-bond acceptors (Lipinski definition) is 7. The molecule has 7 nitrogen and oxygen atoms in total. The molecule has 0 saturated carbocycles. The molecular formula is C23H25ClN2O5S. The van der Waals surface area contributed by atoms with Crippen molar-refractivity contribution >= 4 is 45.9 Å². The average molecular weight is 477 g/mol. The van der Waals surface area contributed by atoms with Crippen LogP contribution in [0, 0.1) is 6.92 Å². The first kappa shape index (κ1) is 24.3. The van der Waals surface area contributed by atoms with Crippen LogP contribution in [0.1, 0.15) is 29.3 Å². The summed E-state index contributed by atoms with van der Waals surface area (Å²) in [5.74, 6) is -0.441. The SMILES string of the molecule is CCCN=C1SC(C(=O)c2ccc(OC[C@@H](O)CO)c(Cl)c2)C(=O)N1c1ccccc1C. The normalized spacial score (nSPS) is 18.3. The molecule has 0 aromatic heterocycles. The first-order valence-corrected chi connectivity index (χ1v) is 11.5. The number of aliphatic hydroxyl groups excluding tert-OH is 2. The van der Waals surface area contributed by atoms with Gasteiger partial charge in [-0.1, -0.05) is 48.5 Å². The van der Waals surface area contributed by atoms with E-state index < -0.39 is 18.0 Å². The van der Waals surface area contributed by atoms with Gasteiger partial charge in [-0.3, -0.25) is 19.5 Å². The second kappa shape index (κ2) is 11.0. The van der Waals surface area contributed by atoms with E-state index in [1.165, 1.54) is 23.1 Å². The number of ketones is 1. The molecule has 2 N–H and O–H groups in total. The third-order valence-corrected chi connectivity index (χ3v) is 6.25. The summed E-state index contributed by atoms with van der Waals surface area (Å²) in [6.07, 6.45) is -0.214. The van der Waals surface area contributed by atoms with Gasteiger partial charge in [-0.05, 0) is 43.2 Å². The van der Waals surface area contributed by atoms with Gasteiger partial charge in [0.15, 0.2) is 16.2 Å². The number of halogens is 1. The molecule has 2 aromatic rings. The summed E-state index contributed by atoms with van der Waals surface area (Å²) in [6, 6.07) is 12.0. The zero-order valence-electron chi connectivity index (χ0n) is 17.8. The molecule has 1 heterocycles. The summed E-state index contributed by atoms with van der Waals surface area (Å²) in [5.41, 5.74) is 1.89. The summed E-state index contributed by atoms with van der Waals surface area (Å²) in [6.45, 7) is 3.89. The maximum atomic E-state index is 13.3. The lowest BCUT2D eigenvalue weighted by atomic mass is 10.1. The molecule has 1 amide bonds. The minimum absolute atomic E-state index is 0.136. The molecule has 0 spiro atoms. The number of hydrogen-bond donors (Lipinski definition) is 2. The summed E-state index contributed by atoms with van der Waals surface area (Å²) in [7, 11) is 0. The van der Waals surface area contributed by atoms with Crippen LogP contribution in [-0.4, -0.2) is 58.2 Å². The summed E-state index contributed by atoms with van der Waals surface area (Å²) in [4.78, 5) is 32.6. The molecule has 0 radical (unpaired) electrons. The highest BCUT2D eigenvalue weighted by atomic mass is 35.5. The molecule has 2 aromatic carbocycles. The van der Waals surface area contributed by atoms with E-state index in [1.807, 2.05) is 38.1 Å². The Morgan fingerprint density at radius 2 is 2.06 bits per heavy atom. The van der Waals surface area contributed by atoms with Gasteiger partial charge in [-0.15, -0.1) is 0 Å². The minimum atomic E-state index is -1.03. The van der Waals surface area contributed by atoms with Gasteiger partial charge in [0.2, 0.25) is 0 Å². The Labute approximate surface area is 196 Å². The molecule has 1 saturated heterocycles. The quantitative estimate of drug-likeness (QED) is 0.424. The van der Waals surface area contributed by atoms with Gasteiger partial charge in [0.25, 0.3) is 5.91 Å². The fourth-order valence-electron chi connectivity index (χ4n) is 3.10. The Kier molecular flexibility index (Phi) is 8.31. The average Bonchev–Trinajstić information content (AvgIpc) is 3.12. The van der Waals surface area contributed by atoms with Crippen molar-refractivity contribution in [2.75, 3.05) is 24.7 Å². The van der Waals surface area contributed by atoms with Crippen molar-refractivity contribution < 1.29 is 24.5 Å². The molecule has 3 rings (SSSR count). The molecule has 32 heavy (non-hydrogen) atoms. The first-order chi connectivity index (χ1) is 15.4. The molecular weight excluding hydrogens is 452 g/mol. The maximum Gasteiger partial charge on any atom is 0.254 e. The lowest BCUT2D eigenvalue weighted by Gasteiger charge is -2.18. The summed E-state index contributed by atoms with van der Waals surface area (Å²) >= 11 is 7.38. The number of benzene rings is 2. The Hall–Kier alpha value is -2.39. The standard InChI is InChI=1S/C23H25ClN2O5S/c1-3-10-25-23-26(18-7-5-4-6-14(18)2)22(30)21(32-23)20(29)15-8-9-19(17(24)11-15)31-13-16(28)12-27/h4-9,11,16,21,27-28H,3,10,12-13H2,1-2H3/t16-,21?/m0/s1. The van der Waals surface area contributed by atoms with E-state index in [9.17, 15) is 14.7 Å². The molecule has 170 valence electrons. The van der Waals surface area contributed by atoms with Gasteiger partial charge in [0.1, 0.15) is 18.5 Å². The molecule has 1 aliphatic rings. The van der Waals surface area contributed by atoms with Gasteiger partial charge in [0.05, 0.1) is 17.3 Å². The van der Waals surface area contributed by atoms with Crippen molar-refractivity contribution in [2.45, 2.75) is 31.6 Å². The van der Waals surface area contributed by atoms with Crippen LogP contribution >= 0.6 is 23.4 Å². The minimum Gasteiger partial charge on any atom is -0.489 e. The monoisotopic (exact) mass is 476 g/mol. The fraction of sp³-hybridized carbons (Fsp3) is 0.348. The number of aliphatic hydroxyl groups is 2. The second-order valence-electron chi connectivity index (χ2n) is 7.28. The number of rotatable bonds is 9. The number of aryl methyl sites for hydroxylation is 1. The van der Waals surface area contributed by atoms with E-state index in [0.717, 1.165) is 23.7 Å². The zero-order valence-corrected chi connectivity index (χ0v) is 19.4. The van der Waals surface area contributed by atoms with Crippen molar-refractivity contribution in [1.82, 2.24) is 0 Å². The van der Waals surface area contributed by atoms with Crippen molar-refractivity contribution in [3.8, 4) is 5.75 Å². The summed E-state index contributed by atoms with van der Waals surface area (Å²) < 4.78 is 5.37. The first-order valence-electron chi connectivity index (χ1n) is 10.2. The third-order valence-electron chi connectivity index (χ3n) is 4.78. The van der Waals surface area contributed by atoms with Crippen LogP contribution in [-0.2, 0) is 4.79 Å². The number of anilines is 1. The van der Waals surface area contributed by atoms with Crippen LogP contribution in [0.3, 0.4) is 0 Å². The van der Waals surface area contributed by atoms with Crippen molar-refractivity contribution in [3.05, 3.63) is 58.6 Å². The van der Waals surface area contributed by atoms with Crippen LogP contribution in [0.2, 0.25) is 5.02 Å². The molecule has 2 atom stereocenters. The van der Waals surface area contributed by atoms with E-state index in [2.05, 4.69) is 4.99 Å². The number of amides is 1. The Balaban J connectivity index is 1.86. The van der Waals surface area contributed by atoms with E-state index in [4.69, 9.17) is 21.4 Å². The third kappa shape index (κ3) is 5.32. The predicted octanol–water partition coefficient (Wildman–Crippen LogP) is 3.48. The number of para-hydroxylation sites is 1. The fourth-order valence-corrected chi connectivity index (χ4v) is 4.45. The number of carbonyl (C=O) groups is 2. The Bertz CT molecular complexity index is 1030. The van der Waals surface area contributed by atoms with Gasteiger partial charge in [-0.2, -0.15) is 0 Å². The molecule has 9 heteroatoms. The predicted molar refractivity (Wildman–Crippen MR) is 127 cm³/mol. The van der Waals surface area contributed by atoms with Crippen molar-refractivity contribution in [1.29, 1.82) is 0 Å². The van der Waals surface area contributed by atoms with Gasteiger partial charge in [0, 0.05) is 12.1 Å².